The number of aliphatic hydroxyl groups excluding tert-OH is 2. The van der Waals surface area contributed by atoms with E-state index < -0.39 is 60.2 Å². The number of aliphatic imine (C=N–C) groups is 1. The molecule has 622 valence electrons. The monoisotopic (exact) mass is 1580 g/mol. The van der Waals surface area contributed by atoms with Crippen molar-refractivity contribution in [2.45, 2.75) is 155 Å². The predicted octanol–water partition coefficient (Wildman–Crippen LogP) is 7.83. The second-order valence-corrected chi connectivity index (χ2v) is 29.4. The molecule has 3 aromatic rings. The molecule has 3 unspecified atom stereocenters. The molecule has 0 bridgehead atoms. The van der Waals surface area contributed by atoms with Gasteiger partial charge in [-0.3, -0.25) is 43.5 Å². The van der Waals surface area contributed by atoms with Gasteiger partial charge >= 0.3 is 6.09 Å². The highest BCUT2D eigenvalue weighted by Crippen LogP contribution is 2.48. The number of hydrogen-bond acceptors (Lipinski definition) is 24. The number of ether oxygens (including phenoxy) is 13. The number of anilines is 2. The number of carbonyl (C=O) groups is 8. The zero-order valence-electron chi connectivity index (χ0n) is 66.4. The number of amides is 8. The Morgan fingerprint density at radius 2 is 1.19 bits per heavy atom. The molecule has 3 aromatic carbocycles. The van der Waals surface area contributed by atoms with Gasteiger partial charge in [0.1, 0.15) is 18.7 Å². The lowest BCUT2D eigenvalue weighted by Crippen LogP contribution is -2.53. The van der Waals surface area contributed by atoms with Gasteiger partial charge in [-0.15, -0.1) is 0 Å². The molecular formula is C82H116N8O23. The quantitative estimate of drug-likeness (QED) is 0.0178. The summed E-state index contributed by atoms with van der Waals surface area (Å²) in [5.41, 5.74) is 4.49. The molecule has 113 heavy (non-hydrogen) atoms. The fourth-order valence-electron chi connectivity index (χ4n) is 14.5. The predicted molar refractivity (Wildman–Crippen MR) is 416 cm³/mol. The van der Waals surface area contributed by atoms with Crippen LogP contribution in [0.5, 0.6) is 23.0 Å². The van der Waals surface area contributed by atoms with Gasteiger partial charge in [0.2, 0.25) is 35.4 Å². The molecular weight excluding hydrogens is 1460 g/mol. The van der Waals surface area contributed by atoms with Crippen LogP contribution in [0.2, 0.25) is 0 Å². The molecule has 6 aliphatic rings. The summed E-state index contributed by atoms with van der Waals surface area (Å²) < 4.78 is 74.0. The van der Waals surface area contributed by atoms with Crippen LogP contribution in [0.3, 0.4) is 0 Å². The molecule has 2 fully saturated rings. The lowest BCUT2D eigenvalue weighted by molar-refractivity contribution is -0.140. The van der Waals surface area contributed by atoms with Crippen molar-refractivity contribution in [1.82, 2.24) is 25.8 Å². The fourth-order valence-corrected chi connectivity index (χ4v) is 14.5. The van der Waals surface area contributed by atoms with Crippen molar-refractivity contribution < 1.29 is 110 Å². The van der Waals surface area contributed by atoms with Crippen LogP contribution >= 0.6 is 0 Å². The van der Waals surface area contributed by atoms with E-state index in [9.17, 15) is 48.6 Å². The van der Waals surface area contributed by atoms with Crippen LogP contribution in [0.15, 0.2) is 76.9 Å². The zero-order chi connectivity index (χ0) is 80.6. The second kappa shape index (κ2) is 46.1. The maximum Gasteiger partial charge on any atom is 0.416 e. The first-order valence-electron chi connectivity index (χ1n) is 39.7. The average molecular weight is 1580 g/mol. The van der Waals surface area contributed by atoms with Crippen molar-refractivity contribution in [2.24, 2.45) is 34.6 Å². The number of hydrogen-bond donors (Lipinski definition) is 6. The highest BCUT2D eigenvalue weighted by atomic mass is 16.6. The number of carbonyl (C=O) groups excluding carboxylic acids is 8. The smallest absolute Gasteiger partial charge is 0.416 e. The van der Waals surface area contributed by atoms with Gasteiger partial charge in [-0.25, -0.2) is 9.69 Å². The topological polar surface area (TPSA) is 367 Å². The number of allylic oxidation sites excluding steroid dienone is 1. The van der Waals surface area contributed by atoms with Crippen LogP contribution in [-0.4, -0.2) is 244 Å². The summed E-state index contributed by atoms with van der Waals surface area (Å²) in [6.45, 7) is 15.3. The van der Waals surface area contributed by atoms with Gasteiger partial charge in [0.05, 0.1) is 168 Å². The van der Waals surface area contributed by atoms with Crippen molar-refractivity contribution >= 4 is 70.7 Å². The van der Waals surface area contributed by atoms with E-state index in [0.29, 0.717) is 159 Å². The Labute approximate surface area is 661 Å². The third-order valence-corrected chi connectivity index (χ3v) is 20.6. The van der Waals surface area contributed by atoms with Crippen molar-refractivity contribution in [3.05, 3.63) is 88.6 Å². The highest BCUT2D eigenvalue weighted by molar-refractivity contribution is 6.07. The Kier molecular flexibility index (Phi) is 36.0. The number of nitrogens with zero attached hydrogens (tertiary/aromatic N) is 4. The summed E-state index contributed by atoms with van der Waals surface area (Å²) >= 11 is 0. The summed E-state index contributed by atoms with van der Waals surface area (Å²) in [7, 11) is 3.01. The van der Waals surface area contributed by atoms with Gasteiger partial charge in [-0.2, -0.15) is 0 Å². The third kappa shape index (κ3) is 26.5. The van der Waals surface area contributed by atoms with Crippen LogP contribution < -0.4 is 45.1 Å². The van der Waals surface area contributed by atoms with Crippen LogP contribution in [0.1, 0.15) is 146 Å². The molecule has 8 amide bonds. The lowest BCUT2D eigenvalue weighted by Gasteiger charge is -2.31. The number of rotatable bonds is 49. The number of imide groups is 1. The summed E-state index contributed by atoms with van der Waals surface area (Å²) in [5.74, 6) is -1.10. The lowest BCUT2D eigenvalue weighted by atomic mass is 9.79. The van der Waals surface area contributed by atoms with E-state index >= 15 is 0 Å². The van der Waals surface area contributed by atoms with E-state index in [0.717, 1.165) is 42.6 Å². The maximum absolute atomic E-state index is 14.3. The summed E-state index contributed by atoms with van der Waals surface area (Å²) in [5, 5.41) is 34.3. The van der Waals surface area contributed by atoms with Crippen molar-refractivity contribution in [3.63, 3.8) is 0 Å². The molecule has 4 aliphatic heterocycles. The van der Waals surface area contributed by atoms with Crippen molar-refractivity contribution in [3.8, 4) is 23.0 Å². The fraction of sp³-hybridized carbons (Fsp3) is 0.622. The van der Waals surface area contributed by atoms with Crippen LogP contribution in [0.4, 0.5) is 21.9 Å². The molecule has 31 heteroatoms. The first kappa shape index (κ1) is 88.3. The minimum Gasteiger partial charge on any atom is -0.493 e. The molecule has 0 spiro atoms. The second-order valence-electron chi connectivity index (χ2n) is 29.4. The number of benzene rings is 3. The van der Waals surface area contributed by atoms with Gasteiger partial charge in [-0.1, -0.05) is 62.5 Å². The normalized spacial score (nSPS) is 19.8. The van der Waals surface area contributed by atoms with E-state index in [1.54, 1.807) is 51.4 Å². The number of likely N-dealkylation sites (tertiary alicyclic amines) is 1. The van der Waals surface area contributed by atoms with E-state index in [4.69, 9.17) is 66.6 Å². The van der Waals surface area contributed by atoms with Gasteiger partial charge in [-0.05, 0) is 107 Å². The van der Waals surface area contributed by atoms with Crippen LogP contribution in [0, 0.1) is 29.6 Å². The van der Waals surface area contributed by atoms with Crippen LogP contribution in [-0.2, 0) is 78.0 Å². The number of unbranched alkanes of at least 4 members (excludes halogenated alkanes) is 2. The number of fused-ring (bicyclic) bond motifs is 4. The summed E-state index contributed by atoms with van der Waals surface area (Å²) in [6.07, 6.45) is 11.4. The van der Waals surface area contributed by atoms with Gasteiger partial charge in [0.25, 0.3) is 5.91 Å². The largest absolute Gasteiger partial charge is 0.493 e. The first-order valence-corrected chi connectivity index (χ1v) is 39.7. The molecule has 1 saturated carbocycles. The van der Waals surface area contributed by atoms with Crippen LogP contribution in [0.25, 0.3) is 0 Å². The zero-order valence-corrected chi connectivity index (χ0v) is 66.4. The third-order valence-electron chi connectivity index (χ3n) is 20.6. The Hall–Kier alpha value is -8.63. The number of methoxy groups -OCH3 is 2. The molecule has 4 heterocycles. The summed E-state index contributed by atoms with van der Waals surface area (Å²) in [6, 6.07) is 10.4. The Balaban J connectivity index is 0.574. The van der Waals surface area contributed by atoms with E-state index in [1.807, 2.05) is 25.3 Å². The molecule has 9 rings (SSSR count). The average Bonchev–Trinajstić information content (AvgIpc) is 1.60. The van der Waals surface area contributed by atoms with Crippen molar-refractivity contribution in [2.75, 3.05) is 156 Å². The first-order chi connectivity index (χ1) is 54.7. The molecule has 2 aliphatic carbocycles. The summed E-state index contributed by atoms with van der Waals surface area (Å²) in [4.78, 5) is 114. The van der Waals surface area contributed by atoms with Gasteiger partial charge in [0.15, 0.2) is 29.2 Å². The molecule has 6 N–H and O–H groups in total. The molecule has 31 nitrogen and oxygen atoms in total. The molecule has 0 aromatic heterocycles. The minimum atomic E-state index is -1.52. The Morgan fingerprint density at radius 1 is 0.611 bits per heavy atom. The van der Waals surface area contributed by atoms with E-state index in [-0.39, 0.29) is 129 Å². The SMILES string of the molecule is COc1cc2c(cc1OCCCCCOc1cc3c(cc1OC)C(=O)N1C=C(C)C[C@H]1[C@H](O)N3C(=O)OCc1ccc(NC(=O)[C@H](C)NC(=O)[C@@H](NC(=O)CCOCCOCCOCCOCCOCCOCCOCCOCCNC(=O)CCN3C(=O)CC(C4CCCCC4)C3=O)C(C)C)cc1)N=C[C@@H]1CC(C)=CC1C2O. The molecule has 8 atom stereocenters. The Bertz CT molecular complexity index is 3720. The maximum atomic E-state index is 14.3. The highest BCUT2D eigenvalue weighted by Gasteiger charge is 2.46. The molecule has 1 saturated heterocycles. The standard InChI is InChI=1S/C82H116N8O23/c1-53(2)75(87-73(92)21-26-103-28-30-105-32-34-107-36-38-109-40-41-110-39-37-108-35-33-106-31-29-104-27-22-83-72(91)20-23-88-74(93)47-62(79(88)97)58-14-10-8-11-15-58)78(96)85-56(5)77(95)86-60-18-16-57(17-19-60)52-113-82(100)90-66-49-71(69(102-7)46-64(66)80(98)89-51-55(4)44-67(89)81(90)99)112-25-13-9-12-24-111-70-48-65-63(45-68(70)101-6)76(94)61-43-54(3)42-59(61)50-84-65/h16-19,43,45-46,48-51,53,56,58-59,61-62,67,75-76,81,94,99H,8-15,20-42,44,47,52H2,1-7H3,(H,83,91)(H,85,96)(H,86,95)(H,87,92)/t56-,59-,61?,62?,67-,75-,76?,81-/m0/s1. The van der Waals surface area contributed by atoms with Gasteiger partial charge in [0, 0.05) is 80.0 Å². The van der Waals surface area contributed by atoms with Gasteiger partial charge < -0.3 is 98.0 Å². The molecule has 0 radical (unpaired) electrons. The number of nitrogens with one attached hydrogen (secondary N) is 4. The Morgan fingerprint density at radius 3 is 1.80 bits per heavy atom. The minimum absolute atomic E-state index is 0.0117. The van der Waals surface area contributed by atoms with E-state index in [1.165, 1.54) is 48.0 Å². The van der Waals surface area contributed by atoms with E-state index in [2.05, 4.69) is 34.3 Å². The van der Waals surface area contributed by atoms with Crippen molar-refractivity contribution in [1.29, 1.82) is 0 Å². The number of aliphatic hydroxyl groups is 2.